The molecule has 0 aromatic heterocycles. The van der Waals surface area contributed by atoms with E-state index in [2.05, 4.69) is 19.2 Å². The van der Waals surface area contributed by atoms with Crippen molar-refractivity contribution < 1.29 is 4.79 Å². The lowest BCUT2D eigenvalue weighted by Gasteiger charge is -2.25. The summed E-state index contributed by atoms with van der Waals surface area (Å²) in [7, 11) is 0. The minimum absolute atomic E-state index is 0.0761. The number of nitrogens with two attached hydrogens (primary N) is 1. The van der Waals surface area contributed by atoms with E-state index in [4.69, 9.17) is 5.73 Å². The van der Waals surface area contributed by atoms with Crippen molar-refractivity contribution in [3.63, 3.8) is 0 Å². The summed E-state index contributed by atoms with van der Waals surface area (Å²) in [4.78, 5) is 11.9. The molecule has 0 aromatic carbocycles. The van der Waals surface area contributed by atoms with E-state index in [0.29, 0.717) is 12.3 Å². The summed E-state index contributed by atoms with van der Waals surface area (Å²) in [5.41, 5.74) is 5.64. The van der Waals surface area contributed by atoms with Crippen LogP contribution in [0.5, 0.6) is 0 Å². The first-order valence-electron chi connectivity index (χ1n) is 7.10. The Morgan fingerprint density at radius 2 is 2.00 bits per heavy atom. The Labute approximate surface area is 106 Å². The molecule has 3 nitrogen and oxygen atoms in total. The molecule has 0 saturated heterocycles. The minimum atomic E-state index is 0.0761. The van der Waals surface area contributed by atoms with Crippen molar-refractivity contribution >= 4 is 5.91 Å². The zero-order valence-corrected chi connectivity index (χ0v) is 11.4. The lowest BCUT2D eigenvalue weighted by Crippen LogP contribution is -2.43. The molecule has 1 rings (SSSR count). The fraction of sp³-hybridized carbons (Fsp3) is 0.929. The highest BCUT2D eigenvalue weighted by Gasteiger charge is 2.29. The highest BCUT2D eigenvalue weighted by atomic mass is 16.1. The van der Waals surface area contributed by atoms with Crippen molar-refractivity contribution in [2.24, 2.45) is 11.7 Å². The molecule has 1 fully saturated rings. The SMILES string of the molecule is CCC(CCN)CCC(=O)NC1(C)CCCC1. The first-order valence-corrected chi connectivity index (χ1v) is 7.10. The van der Waals surface area contributed by atoms with Crippen LogP contribution < -0.4 is 11.1 Å². The third-order valence-corrected chi connectivity index (χ3v) is 4.08. The average molecular weight is 240 g/mol. The number of carbonyl (C=O) groups is 1. The maximum Gasteiger partial charge on any atom is 0.220 e. The van der Waals surface area contributed by atoms with Gasteiger partial charge in [-0.3, -0.25) is 4.79 Å². The van der Waals surface area contributed by atoms with Gasteiger partial charge in [-0.05, 0) is 45.1 Å². The molecule has 1 aliphatic carbocycles. The maximum atomic E-state index is 11.9. The van der Waals surface area contributed by atoms with E-state index in [1.165, 1.54) is 12.8 Å². The van der Waals surface area contributed by atoms with Gasteiger partial charge < -0.3 is 11.1 Å². The van der Waals surface area contributed by atoms with Crippen LogP contribution in [0.15, 0.2) is 0 Å². The lowest BCUT2D eigenvalue weighted by atomic mass is 9.95. The number of hydrogen-bond acceptors (Lipinski definition) is 2. The first kappa shape index (κ1) is 14.5. The Morgan fingerprint density at radius 1 is 1.35 bits per heavy atom. The molecule has 17 heavy (non-hydrogen) atoms. The van der Waals surface area contributed by atoms with Gasteiger partial charge in [0.15, 0.2) is 0 Å². The van der Waals surface area contributed by atoms with Crippen LogP contribution in [0.1, 0.15) is 65.2 Å². The normalized spacial score (nSPS) is 20.2. The fourth-order valence-corrected chi connectivity index (χ4v) is 2.80. The monoisotopic (exact) mass is 240 g/mol. The topological polar surface area (TPSA) is 55.1 Å². The summed E-state index contributed by atoms with van der Waals surface area (Å²) in [6.07, 6.45) is 8.59. The zero-order valence-electron chi connectivity index (χ0n) is 11.4. The molecule has 0 radical (unpaired) electrons. The molecule has 1 saturated carbocycles. The minimum Gasteiger partial charge on any atom is -0.351 e. The second-order valence-electron chi connectivity index (χ2n) is 5.71. The van der Waals surface area contributed by atoms with E-state index in [0.717, 1.165) is 38.6 Å². The Hall–Kier alpha value is -0.570. The third kappa shape index (κ3) is 5.07. The van der Waals surface area contributed by atoms with Crippen LogP contribution in [-0.2, 0) is 4.79 Å². The van der Waals surface area contributed by atoms with Crippen LogP contribution in [0.4, 0.5) is 0 Å². The van der Waals surface area contributed by atoms with Gasteiger partial charge in [0.05, 0.1) is 0 Å². The number of carbonyl (C=O) groups excluding carboxylic acids is 1. The summed E-state index contributed by atoms with van der Waals surface area (Å²) in [6, 6.07) is 0. The molecule has 1 unspecified atom stereocenters. The van der Waals surface area contributed by atoms with E-state index >= 15 is 0 Å². The van der Waals surface area contributed by atoms with E-state index in [1.807, 2.05) is 0 Å². The Bertz CT molecular complexity index is 234. The van der Waals surface area contributed by atoms with Gasteiger partial charge in [-0.1, -0.05) is 26.2 Å². The van der Waals surface area contributed by atoms with Crippen LogP contribution in [0, 0.1) is 5.92 Å². The Morgan fingerprint density at radius 3 is 2.53 bits per heavy atom. The van der Waals surface area contributed by atoms with Crippen molar-refractivity contribution in [2.75, 3.05) is 6.54 Å². The summed E-state index contributed by atoms with van der Waals surface area (Å²) < 4.78 is 0. The Kier molecular flexibility index (Phi) is 5.96. The molecule has 0 spiro atoms. The van der Waals surface area contributed by atoms with Gasteiger partial charge in [-0.15, -0.1) is 0 Å². The summed E-state index contributed by atoms with van der Waals surface area (Å²) in [5, 5.41) is 3.21. The summed E-state index contributed by atoms with van der Waals surface area (Å²) in [5.74, 6) is 0.840. The van der Waals surface area contributed by atoms with Crippen LogP contribution in [0.25, 0.3) is 0 Å². The predicted molar refractivity (Wildman–Crippen MR) is 71.7 cm³/mol. The molecule has 100 valence electrons. The van der Waals surface area contributed by atoms with Gasteiger partial charge in [0.2, 0.25) is 5.91 Å². The van der Waals surface area contributed by atoms with Gasteiger partial charge in [-0.25, -0.2) is 0 Å². The zero-order chi connectivity index (χ0) is 12.7. The van der Waals surface area contributed by atoms with Gasteiger partial charge in [0.25, 0.3) is 0 Å². The van der Waals surface area contributed by atoms with Crippen LogP contribution >= 0.6 is 0 Å². The van der Waals surface area contributed by atoms with Crippen molar-refractivity contribution in [1.29, 1.82) is 0 Å². The molecular weight excluding hydrogens is 212 g/mol. The summed E-state index contributed by atoms with van der Waals surface area (Å²) >= 11 is 0. The second kappa shape index (κ2) is 7.00. The molecule has 0 aromatic rings. The van der Waals surface area contributed by atoms with Crippen LogP contribution in [-0.4, -0.2) is 18.0 Å². The third-order valence-electron chi connectivity index (χ3n) is 4.08. The highest BCUT2D eigenvalue weighted by molar-refractivity contribution is 5.76. The molecule has 3 heteroatoms. The highest BCUT2D eigenvalue weighted by Crippen LogP contribution is 2.29. The molecule has 1 amide bonds. The quantitative estimate of drug-likeness (QED) is 0.718. The largest absolute Gasteiger partial charge is 0.351 e. The van der Waals surface area contributed by atoms with Crippen LogP contribution in [0.2, 0.25) is 0 Å². The molecular formula is C14H28N2O. The number of rotatable bonds is 7. The summed E-state index contributed by atoms with van der Waals surface area (Å²) in [6.45, 7) is 5.09. The molecule has 1 aliphatic rings. The van der Waals surface area contributed by atoms with Gasteiger partial charge >= 0.3 is 0 Å². The van der Waals surface area contributed by atoms with E-state index in [1.54, 1.807) is 0 Å². The number of amides is 1. The molecule has 0 aliphatic heterocycles. The molecule has 1 atom stereocenters. The predicted octanol–water partition coefficient (Wildman–Crippen LogP) is 2.59. The lowest BCUT2D eigenvalue weighted by molar-refractivity contribution is -0.123. The smallest absolute Gasteiger partial charge is 0.220 e. The molecule has 0 heterocycles. The molecule has 3 N–H and O–H groups in total. The van der Waals surface area contributed by atoms with Crippen LogP contribution in [0.3, 0.4) is 0 Å². The Balaban J connectivity index is 2.24. The van der Waals surface area contributed by atoms with E-state index < -0.39 is 0 Å². The number of nitrogens with one attached hydrogen (secondary N) is 1. The maximum absolute atomic E-state index is 11.9. The standard InChI is InChI=1S/C14H28N2O/c1-3-12(8-11-15)6-7-13(17)16-14(2)9-4-5-10-14/h12H,3-11,15H2,1-2H3,(H,16,17). The van der Waals surface area contributed by atoms with Crippen molar-refractivity contribution in [3.05, 3.63) is 0 Å². The van der Waals surface area contributed by atoms with Crippen molar-refractivity contribution in [2.45, 2.75) is 70.8 Å². The number of hydrogen-bond donors (Lipinski definition) is 2. The first-order chi connectivity index (χ1) is 8.09. The van der Waals surface area contributed by atoms with E-state index in [-0.39, 0.29) is 11.4 Å². The van der Waals surface area contributed by atoms with Gasteiger partial charge in [0, 0.05) is 12.0 Å². The van der Waals surface area contributed by atoms with Gasteiger partial charge in [0.1, 0.15) is 0 Å². The second-order valence-corrected chi connectivity index (χ2v) is 5.71. The molecule has 0 bridgehead atoms. The van der Waals surface area contributed by atoms with E-state index in [9.17, 15) is 4.79 Å². The van der Waals surface area contributed by atoms with Crippen molar-refractivity contribution in [1.82, 2.24) is 5.32 Å². The van der Waals surface area contributed by atoms with Crippen molar-refractivity contribution in [3.8, 4) is 0 Å². The average Bonchev–Trinajstić information content (AvgIpc) is 2.70. The van der Waals surface area contributed by atoms with Gasteiger partial charge in [-0.2, -0.15) is 0 Å². The fourth-order valence-electron chi connectivity index (χ4n) is 2.80.